The molecule has 1 saturated heterocycles. The predicted molar refractivity (Wildman–Crippen MR) is 124 cm³/mol. The zero-order valence-electron chi connectivity index (χ0n) is 19.5. The van der Waals surface area contributed by atoms with Gasteiger partial charge in [-0.2, -0.15) is 5.10 Å². The highest BCUT2D eigenvalue weighted by Crippen LogP contribution is 2.44. The minimum atomic E-state index is -0.807. The zero-order chi connectivity index (χ0) is 23.2. The van der Waals surface area contributed by atoms with Gasteiger partial charge >= 0.3 is 0 Å². The molecule has 2 aromatic heterocycles. The second-order valence-electron chi connectivity index (χ2n) is 10.2. The van der Waals surface area contributed by atoms with E-state index in [4.69, 9.17) is 10.1 Å². The van der Waals surface area contributed by atoms with Crippen molar-refractivity contribution in [3.8, 4) is 0 Å². The van der Waals surface area contributed by atoms with Crippen molar-refractivity contribution in [3.05, 3.63) is 65.1 Å². The number of aryl methyl sites for hydroxylation is 2. The van der Waals surface area contributed by atoms with E-state index in [0.717, 1.165) is 74.0 Å². The van der Waals surface area contributed by atoms with E-state index in [0.29, 0.717) is 17.8 Å². The fourth-order valence-electron chi connectivity index (χ4n) is 6.38. The van der Waals surface area contributed by atoms with Gasteiger partial charge in [-0.3, -0.25) is 0 Å². The molecule has 2 bridgehead atoms. The van der Waals surface area contributed by atoms with Gasteiger partial charge < -0.3 is 4.90 Å². The predicted octanol–water partition coefficient (Wildman–Crippen LogP) is 4.68. The minimum Gasteiger partial charge on any atom is -0.356 e. The lowest BCUT2D eigenvalue weighted by Crippen LogP contribution is -2.43. The summed E-state index contributed by atoms with van der Waals surface area (Å²) >= 11 is 0. The monoisotopic (exact) mass is 464 g/mol. The number of benzene rings is 1. The van der Waals surface area contributed by atoms with Crippen LogP contribution < -0.4 is 4.90 Å². The fraction of sp³-hybridized carbons (Fsp3) is 0.538. The first-order chi connectivity index (χ1) is 16.5. The quantitative estimate of drug-likeness (QED) is 0.561. The van der Waals surface area contributed by atoms with Crippen molar-refractivity contribution in [1.29, 1.82) is 0 Å². The molecule has 178 valence electrons. The Hall–Kier alpha value is -2.90. The van der Waals surface area contributed by atoms with E-state index in [-0.39, 0.29) is 5.92 Å². The van der Waals surface area contributed by atoms with Crippen molar-refractivity contribution in [2.24, 2.45) is 17.8 Å². The van der Waals surface area contributed by atoms with Crippen LogP contribution in [0.5, 0.6) is 0 Å². The lowest BCUT2D eigenvalue weighted by Gasteiger charge is -2.38. The Balaban J connectivity index is 1.22. The average Bonchev–Trinajstić information content (AvgIpc) is 3.23. The van der Waals surface area contributed by atoms with Gasteiger partial charge in [0.1, 0.15) is 18.0 Å². The van der Waals surface area contributed by atoms with Crippen molar-refractivity contribution in [2.45, 2.75) is 57.9 Å². The van der Waals surface area contributed by atoms with Crippen LogP contribution in [-0.2, 0) is 13.0 Å². The minimum absolute atomic E-state index is 0.0431. The van der Waals surface area contributed by atoms with Crippen LogP contribution in [0.2, 0.25) is 0 Å². The zero-order valence-corrected chi connectivity index (χ0v) is 19.5. The number of nitrogens with zero attached hydrogens (tertiary/aromatic N) is 6. The van der Waals surface area contributed by atoms with Crippen molar-refractivity contribution in [3.63, 3.8) is 0 Å². The van der Waals surface area contributed by atoms with Gasteiger partial charge in [0.05, 0.1) is 0 Å². The van der Waals surface area contributed by atoms with E-state index in [1.165, 1.54) is 25.0 Å². The summed E-state index contributed by atoms with van der Waals surface area (Å²) in [7, 11) is 0. The van der Waals surface area contributed by atoms with Crippen LogP contribution in [0.1, 0.15) is 60.9 Å². The van der Waals surface area contributed by atoms with Crippen LogP contribution >= 0.6 is 0 Å². The summed E-state index contributed by atoms with van der Waals surface area (Å²) in [6, 6.07) is 6.32. The maximum Gasteiger partial charge on any atom is 0.159 e. The Morgan fingerprint density at radius 1 is 0.971 bits per heavy atom. The molecule has 1 aliphatic carbocycles. The number of anilines is 1. The van der Waals surface area contributed by atoms with Crippen LogP contribution in [0.3, 0.4) is 0 Å². The molecule has 2 unspecified atom stereocenters. The van der Waals surface area contributed by atoms with E-state index < -0.39 is 11.6 Å². The van der Waals surface area contributed by atoms with Crippen LogP contribution in [-0.4, -0.2) is 37.8 Å². The van der Waals surface area contributed by atoms with E-state index >= 15 is 0 Å². The van der Waals surface area contributed by atoms with E-state index in [2.05, 4.69) is 20.9 Å². The highest BCUT2D eigenvalue weighted by atomic mass is 19.2. The van der Waals surface area contributed by atoms with Crippen LogP contribution in [0.25, 0.3) is 0 Å². The second-order valence-corrected chi connectivity index (χ2v) is 10.2. The van der Waals surface area contributed by atoms with Gasteiger partial charge in [-0.1, -0.05) is 12.5 Å². The Kier molecular flexibility index (Phi) is 5.54. The maximum atomic E-state index is 14.0. The smallest absolute Gasteiger partial charge is 0.159 e. The van der Waals surface area contributed by atoms with Crippen molar-refractivity contribution in [2.75, 3.05) is 18.0 Å². The molecule has 1 aromatic carbocycles. The largest absolute Gasteiger partial charge is 0.356 e. The number of piperidine rings is 1. The molecule has 8 heteroatoms. The first kappa shape index (κ1) is 21.6. The van der Waals surface area contributed by atoms with E-state index in [1.807, 2.05) is 11.6 Å². The number of hydrogen-bond donors (Lipinski definition) is 0. The number of hydrogen-bond acceptors (Lipinski definition) is 5. The molecule has 3 aliphatic rings. The van der Waals surface area contributed by atoms with Gasteiger partial charge in [0.2, 0.25) is 0 Å². The SMILES string of the molecule is Cc1cc(N2C[C@H]3CC[C@@H](C2)C3Cc2nc3n(n2)CCCCC3c2ccc(F)c(F)c2)ncn1. The topological polar surface area (TPSA) is 59.7 Å². The van der Waals surface area contributed by atoms with Gasteiger partial charge in [0.25, 0.3) is 0 Å². The number of rotatable bonds is 4. The molecule has 4 heterocycles. The first-order valence-corrected chi connectivity index (χ1v) is 12.5. The van der Waals surface area contributed by atoms with Crippen molar-refractivity contribution < 1.29 is 8.78 Å². The Morgan fingerprint density at radius 3 is 2.56 bits per heavy atom. The summed E-state index contributed by atoms with van der Waals surface area (Å²) in [5, 5.41) is 4.91. The lowest BCUT2D eigenvalue weighted by atomic mass is 9.82. The Morgan fingerprint density at radius 2 is 1.79 bits per heavy atom. The molecule has 2 fully saturated rings. The van der Waals surface area contributed by atoms with Crippen molar-refractivity contribution in [1.82, 2.24) is 24.7 Å². The maximum absolute atomic E-state index is 14.0. The van der Waals surface area contributed by atoms with Crippen LogP contribution in [0.15, 0.2) is 30.6 Å². The summed E-state index contributed by atoms with van der Waals surface area (Å²) in [6.45, 7) is 4.88. The van der Waals surface area contributed by atoms with Gasteiger partial charge in [0, 0.05) is 43.7 Å². The molecule has 4 atom stereocenters. The molecule has 0 spiro atoms. The van der Waals surface area contributed by atoms with Gasteiger partial charge in [-0.05, 0) is 68.1 Å². The molecule has 0 amide bonds. The first-order valence-electron chi connectivity index (χ1n) is 12.5. The van der Waals surface area contributed by atoms with Gasteiger partial charge in [-0.15, -0.1) is 0 Å². The second kappa shape index (κ2) is 8.71. The molecule has 0 radical (unpaired) electrons. The highest BCUT2D eigenvalue weighted by molar-refractivity contribution is 5.40. The normalized spacial score (nSPS) is 26.4. The lowest BCUT2D eigenvalue weighted by molar-refractivity contribution is 0.264. The van der Waals surface area contributed by atoms with E-state index in [1.54, 1.807) is 12.4 Å². The number of aromatic nitrogens is 5. The molecule has 2 aliphatic heterocycles. The molecular formula is C26H30F2N6. The van der Waals surface area contributed by atoms with Crippen LogP contribution in [0, 0.1) is 36.3 Å². The summed E-state index contributed by atoms with van der Waals surface area (Å²) in [4.78, 5) is 16.2. The molecule has 0 N–H and O–H groups in total. The summed E-state index contributed by atoms with van der Waals surface area (Å²) < 4.78 is 29.5. The molecule has 6 rings (SSSR count). The Labute approximate surface area is 198 Å². The Bertz CT molecular complexity index is 1180. The van der Waals surface area contributed by atoms with Gasteiger partial charge in [-0.25, -0.2) is 28.4 Å². The third-order valence-electron chi connectivity index (χ3n) is 8.08. The third-order valence-corrected chi connectivity index (χ3v) is 8.08. The summed E-state index contributed by atoms with van der Waals surface area (Å²) in [5.74, 6) is 2.99. The van der Waals surface area contributed by atoms with Crippen molar-refractivity contribution >= 4 is 5.82 Å². The molecular weight excluding hydrogens is 434 g/mol. The molecule has 6 nitrogen and oxygen atoms in total. The van der Waals surface area contributed by atoms with Gasteiger partial charge in [0.15, 0.2) is 17.5 Å². The average molecular weight is 465 g/mol. The summed E-state index contributed by atoms with van der Waals surface area (Å²) in [6.07, 6.45) is 7.95. The third kappa shape index (κ3) is 3.97. The standard InChI is InChI=1S/C26H30F2N6/c1-16-10-25(30-15-29-16)33-13-18-5-6-19(14-33)21(18)12-24-31-26-20(4-2-3-9-34(26)32-24)17-7-8-22(27)23(28)11-17/h7-8,10-11,15,18-21H,2-6,9,12-14H2,1H3/t18-,19+,20?,21?. The highest BCUT2D eigenvalue weighted by Gasteiger charge is 2.43. The van der Waals surface area contributed by atoms with E-state index in [9.17, 15) is 8.78 Å². The van der Waals surface area contributed by atoms with Crippen LogP contribution in [0.4, 0.5) is 14.6 Å². The fourth-order valence-corrected chi connectivity index (χ4v) is 6.38. The molecule has 3 aromatic rings. The molecule has 34 heavy (non-hydrogen) atoms. The number of fused-ring (bicyclic) bond motifs is 3. The molecule has 1 saturated carbocycles. The summed E-state index contributed by atoms with van der Waals surface area (Å²) in [5.41, 5.74) is 1.79. The number of halogens is 2.